The average molecular weight is 422 g/mol. The molecule has 6 nitrogen and oxygen atoms in total. The molecule has 0 saturated carbocycles. The van der Waals surface area contributed by atoms with Crippen molar-refractivity contribution in [2.45, 2.75) is 6.54 Å². The molecule has 0 saturated heterocycles. The van der Waals surface area contributed by atoms with Gasteiger partial charge in [0.25, 0.3) is 5.91 Å². The number of anilines is 1. The fraction of sp³-hybridized carbons (Fsp3) is 0.0909. The minimum Gasteiger partial charge on any atom is -0.493 e. The van der Waals surface area contributed by atoms with E-state index in [0.29, 0.717) is 32.4 Å². The molecular weight excluding hydrogens is 407 g/mol. The van der Waals surface area contributed by atoms with Gasteiger partial charge in [-0.15, -0.1) is 0 Å². The van der Waals surface area contributed by atoms with Gasteiger partial charge in [-0.05, 0) is 42.5 Å². The van der Waals surface area contributed by atoms with Gasteiger partial charge in [0.1, 0.15) is 11.6 Å². The van der Waals surface area contributed by atoms with Gasteiger partial charge in [0.15, 0.2) is 22.2 Å². The van der Waals surface area contributed by atoms with E-state index in [2.05, 4.69) is 4.98 Å². The summed E-state index contributed by atoms with van der Waals surface area (Å²) < 4.78 is 30.9. The third-order valence-electron chi connectivity index (χ3n) is 4.65. The van der Waals surface area contributed by atoms with E-state index in [0.717, 1.165) is 5.39 Å². The number of amides is 1. The molecule has 0 spiro atoms. The highest BCUT2D eigenvalue weighted by Crippen LogP contribution is 2.33. The lowest BCUT2D eigenvalue weighted by molar-refractivity contribution is 0.0958. The molecule has 8 heteroatoms. The van der Waals surface area contributed by atoms with E-state index >= 15 is 0 Å². The molecule has 0 aliphatic rings. The Kier molecular flexibility index (Phi) is 4.48. The Balaban J connectivity index is 1.59. The molecule has 30 heavy (non-hydrogen) atoms. The maximum atomic E-state index is 13.6. The lowest BCUT2D eigenvalue weighted by Crippen LogP contribution is -2.29. The van der Waals surface area contributed by atoms with Crippen molar-refractivity contribution in [3.63, 3.8) is 0 Å². The normalized spacial score (nSPS) is 11.3. The van der Waals surface area contributed by atoms with Gasteiger partial charge in [-0.3, -0.25) is 9.69 Å². The summed E-state index contributed by atoms with van der Waals surface area (Å²) in [7, 11) is 1.54. The minimum absolute atomic E-state index is 0.145. The lowest BCUT2D eigenvalue weighted by atomic mass is 10.2. The Morgan fingerprint density at radius 1 is 1.20 bits per heavy atom. The SMILES string of the molecule is COc1cccc2cc(C(=O)N(Cc3ccco3)c3nc4ccc(F)cc4s3)oc12. The second-order valence-electron chi connectivity index (χ2n) is 6.57. The molecule has 0 bridgehead atoms. The largest absolute Gasteiger partial charge is 0.493 e. The summed E-state index contributed by atoms with van der Waals surface area (Å²) in [5, 5.41) is 1.17. The summed E-state index contributed by atoms with van der Waals surface area (Å²) in [5.74, 6) is 0.531. The van der Waals surface area contributed by atoms with Crippen molar-refractivity contribution in [2.75, 3.05) is 12.0 Å². The summed E-state index contributed by atoms with van der Waals surface area (Å²) >= 11 is 1.22. The molecule has 150 valence electrons. The number of para-hydroxylation sites is 1. The summed E-state index contributed by atoms with van der Waals surface area (Å²) in [4.78, 5) is 19.4. The van der Waals surface area contributed by atoms with Crippen LogP contribution >= 0.6 is 11.3 Å². The number of fused-ring (bicyclic) bond motifs is 2. The highest BCUT2D eigenvalue weighted by Gasteiger charge is 2.26. The molecular formula is C22H15FN2O4S. The van der Waals surface area contributed by atoms with Crippen LogP contribution in [-0.2, 0) is 6.54 Å². The third kappa shape index (κ3) is 3.21. The second-order valence-corrected chi connectivity index (χ2v) is 7.58. The first kappa shape index (κ1) is 18.4. The Bertz CT molecular complexity index is 1360. The van der Waals surface area contributed by atoms with Crippen LogP contribution < -0.4 is 9.64 Å². The molecule has 2 aromatic carbocycles. The maximum Gasteiger partial charge on any atom is 0.296 e. The number of hydrogen-bond donors (Lipinski definition) is 0. The zero-order valence-electron chi connectivity index (χ0n) is 15.8. The number of carbonyl (C=O) groups excluding carboxylic acids is 1. The molecule has 5 rings (SSSR count). The monoisotopic (exact) mass is 422 g/mol. The topological polar surface area (TPSA) is 68.7 Å². The quantitative estimate of drug-likeness (QED) is 0.367. The van der Waals surface area contributed by atoms with Crippen LogP contribution in [0.5, 0.6) is 5.75 Å². The average Bonchev–Trinajstić information content (AvgIpc) is 3.49. The number of methoxy groups -OCH3 is 1. The third-order valence-corrected chi connectivity index (χ3v) is 5.69. The van der Waals surface area contributed by atoms with Gasteiger partial charge in [-0.25, -0.2) is 9.37 Å². The predicted molar refractivity (Wildman–Crippen MR) is 112 cm³/mol. The van der Waals surface area contributed by atoms with Crippen LogP contribution in [0.4, 0.5) is 9.52 Å². The molecule has 3 heterocycles. The van der Waals surface area contributed by atoms with E-state index in [-0.39, 0.29) is 24.0 Å². The van der Waals surface area contributed by atoms with Crippen molar-refractivity contribution < 1.29 is 22.8 Å². The number of nitrogens with zero attached hydrogens (tertiary/aromatic N) is 2. The van der Waals surface area contributed by atoms with Crippen LogP contribution in [0.2, 0.25) is 0 Å². The Hall–Kier alpha value is -3.65. The Morgan fingerprint density at radius 3 is 2.90 bits per heavy atom. The molecule has 3 aromatic heterocycles. The fourth-order valence-electron chi connectivity index (χ4n) is 3.22. The number of ether oxygens (including phenoxy) is 1. The van der Waals surface area contributed by atoms with Gasteiger partial charge in [0.2, 0.25) is 0 Å². The van der Waals surface area contributed by atoms with Crippen molar-refractivity contribution in [1.29, 1.82) is 0 Å². The molecule has 0 aliphatic heterocycles. The lowest BCUT2D eigenvalue weighted by Gasteiger charge is -2.17. The highest BCUT2D eigenvalue weighted by atomic mass is 32.1. The predicted octanol–water partition coefficient (Wildman–Crippen LogP) is 5.63. The Morgan fingerprint density at radius 2 is 2.10 bits per heavy atom. The first-order valence-electron chi connectivity index (χ1n) is 9.09. The van der Waals surface area contributed by atoms with Gasteiger partial charge >= 0.3 is 0 Å². The van der Waals surface area contributed by atoms with Gasteiger partial charge in [0.05, 0.1) is 30.1 Å². The van der Waals surface area contributed by atoms with Crippen LogP contribution in [0.3, 0.4) is 0 Å². The van der Waals surface area contributed by atoms with Crippen molar-refractivity contribution >= 4 is 43.6 Å². The number of furan rings is 2. The molecule has 0 radical (unpaired) electrons. The molecule has 0 fully saturated rings. The van der Waals surface area contributed by atoms with E-state index in [1.54, 1.807) is 37.4 Å². The van der Waals surface area contributed by atoms with Crippen LogP contribution in [0.1, 0.15) is 16.3 Å². The van der Waals surface area contributed by atoms with E-state index in [1.807, 2.05) is 12.1 Å². The zero-order chi connectivity index (χ0) is 20.7. The first-order chi connectivity index (χ1) is 14.6. The number of hydrogen-bond acceptors (Lipinski definition) is 6. The number of aromatic nitrogens is 1. The summed E-state index contributed by atoms with van der Waals surface area (Å²) in [6.07, 6.45) is 1.54. The van der Waals surface area contributed by atoms with Crippen LogP contribution in [0, 0.1) is 5.82 Å². The summed E-state index contributed by atoms with van der Waals surface area (Å²) in [6, 6.07) is 15.0. The zero-order valence-corrected chi connectivity index (χ0v) is 16.6. The molecule has 5 aromatic rings. The number of halogens is 1. The van der Waals surface area contributed by atoms with Crippen LogP contribution in [0.25, 0.3) is 21.2 Å². The van der Waals surface area contributed by atoms with Crippen molar-refractivity contribution in [3.05, 3.63) is 78.2 Å². The first-order valence-corrected chi connectivity index (χ1v) is 9.91. The number of thiazole rings is 1. The standard InChI is InChI=1S/C22H15FN2O4S/c1-27-17-6-2-4-13-10-18(29-20(13)17)21(26)25(12-15-5-3-9-28-15)22-24-16-8-7-14(23)11-19(16)30-22/h2-11H,12H2,1H3. The molecule has 0 unspecified atom stereocenters. The number of carbonyl (C=O) groups is 1. The second kappa shape index (κ2) is 7.31. The van der Waals surface area contributed by atoms with Crippen molar-refractivity contribution in [1.82, 2.24) is 4.98 Å². The Labute approximate surface area is 174 Å². The maximum absolute atomic E-state index is 13.6. The molecule has 0 aliphatic carbocycles. The smallest absolute Gasteiger partial charge is 0.296 e. The van der Waals surface area contributed by atoms with Gasteiger partial charge in [0, 0.05) is 5.39 Å². The van der Waals surface area contributed by atoms with E-state index in [1.165, 1.54) is 34.6 Å². The molecule has 0 N–H and O–H groups in total. The van der Waals surface area contributed by atoms with E-state index in [9.17, 15) is 9.18 Å². The van der Waals surface area contributed by atoms with Gasteiger partial charge in [-0.2, -0.15) is 0 Å². The van der Waals surface area contributed by atoms with Crippen LogP contribution in [-0.4, -0.2) is 18.0 Å². The van der Waals surface area contributed by atoms with E-state index in [4.69, 9.17) is 13.6 Å². The highest BCUT2D eigenvalue weighted by molar-refractivity contribution is 7.22. The number of rotatable bonds is 5. The van der Waals surface area contributed by atoms with Crippen LogP contribution in [0.15, 0.2) is 69.7 Å². The van der Waals surface area contributed by atoms with Crippen molar-refractivity contribution in [3.8, 4) is 5.75 Å². The fourth-order valence-corrected chi connectivity index (χ4v) is 4.21. The molecule has 0 atom stereocenters. The minimum atomic E-state index is -0.385. The van der Waals surface area contributed by atoms with Gasteiger partial charge < -0.3 is 13.6 Å². The summed E-state index contributed by atoms with van der Waals surface area (Å²) in [6.45, 7) is 0.155. The number of benzene rings is 2. The molecule has 1 amide bonds. The van der Waals surface area contributed by atoms with Crippen molar-refractivity contribution in [2.24, 2.45) is 0 Å². The van der Waals surface area contributed by atoms with Gasteiger partial charge in [-0.1, -0.05) is 23.5 Å². The summed E-state index contributed by atoms with van der Waals surface area (Å²) in [5.41, 5.74) is 1.10. The van der Waals surface area contributed by atoms with E-state index < -0.39 is 0 Å².